The van der Waals surface area contributed by atoms with Gasteiger partial charge in [-0.15, -0.1) is 11.3 Å². The second-order valence-corrected chi connectivity index (χ2v) is 7.90. The Balaban J connectivity index is 2.31. The number of methoxy groups -OCH3 is 1. The molecule has 0 atom stereocenters. The second-order valence-electron chi connectivity index (χ2n) is 4.64. The molecule has 0 spiro atoms. The number of fused-ring (bicyclic) bond motifs is 1. The number of thiophene rings is 1. The minimum atomic E-state index is -3.31. The van der Waals surface area contributed by atoms with Crippen molar-refractivity contribution in [3.05, 3.63) is 35.1 Å². The zero-order chi connectivity index (χ0) is 15.9. The third kappa shape index (κ3) is 2.67. The van der Waals surface area contributed by atoms with E-state index in [1.54, 1.807) is 18.3 Å². The van der Waals surface area contributed by atoms with Crippen LogP contribution in [0, 0.1) is 0 Å². The van der Waals surface area contributed by atoms with Crippen molar-refractivity contribution in [2.75, 3.05) is 13.4 Å². The van der Waals surface area contributed by atoms with E-state index in [9.17, 15) is 8.42 Å². The molecule has 0 N–H and O–H groups in total. The fraction of sp³-hybridized carbons (Fsp3) is 0.143. The molecule has 0 saturated carbocycles. The molecular weight excluding hydrogens is 344 g/mol. The van der Waals surface area contributed by atoms with Crippen LogP contribution in [0.1, 0.15) is 0 Å². The molecule has 8 heteroatoms. The summed E-state index contributed by atoms with van der Waals surface area (Å²) in [6.07, 6.45) is 2.81. The molecule has 5 nitrogen and oxygen atoms in total. The van der Waals surface area contributed by atoms with Crippen molar-refractivity contribution in [3.63, 3.8) is 0 Å². The van der Waals surface area contributed by atoms with E-state index in [1.165, 1.54) is 30.8 Å². The van der Waals surface area contributed by atoms with E-state index in [0.717, 1.165) is 10.3 Å². The molecule has 0 unspecified atom stereocenters. The predicted octanol–water partition coefficient (Wildman–Crippen LogP) is 3.42. The Morgan fingerprint density at radius 3 is 2.73 bits per heavy atom. The fourth-order valence-electron chi connectivity index (χ4n) is 2.13. The normalized spacial score (nSPS) is 11.8. The van der Waals surface area contributed by atoms with Gasteiger partial charge in [0, 0.05) is 29.0 Å². The Morgan fingerprint density at radius 1 is 1.27 bits per heavy atom. The van der Waals surface area contributed by atoms with Gasteiger partial charge in [0.25, 0.3) is 0 Å². The topological polar surface area (TPSA) is 69.2 Å². The van der Waals surface area contributed by atoms with Crippen molar-refractivity contribution in [3.8, 4) is 16.9 Å². The summed E-state index contributed by atoms with van der Waals surface area (Å²) in [6.45, 7) is 0. The molecule has 0 saturated heterocycles. The van der Waals surface area contributed by atoms with Crippen molar-refractivity contribution >= 4 is 43.0 Å². The lowest BCUT2D eigenvalue weighted by molar-refractivity contribution is 0.416. The molecule has 2 heterocycles. The van der Waals surface area contributed by atoms with Gasteiger partial charge in [0.1, 0.15) is 5.75 Å². The van der Waals surface area contributed by atoms with Gasteiger partial charge in [-0.3, -0.25) is 0 Å². The van der Waals surface area contributed by atoms with Crippen molar-refractivity contribution in [1.29, 1.82) is 0 Å². The van der Waals surface area contributed by atoms with Gasteiger partial charge in [0.05, 0.1) is 22.2 Å². The molecule has 3 rings (SSSR count). The molecule has 0 aliphatic heterocycles. The average Bonchev–Trinajstić information content (AvgIpc) is 2.88. The maximum atomic E-state index is 11.8. The number of sulfone groups is 1. The summed E-state index contributed by atoms with van der Waals surface area (Å²) in [5, 5.41) is 2.03. The zero-order valence-electron chi connectivity index (χ0n) is 11.7. The maximum Gasteiger partial charge on any atom is 0.222 e. The number of aromatic nitrogens is 2. The summed E-state index contributed by atoms with van der Waals surface area (Å²) in [4.78, 5) is 8.42. The van der Waals surface area contributed by atoms with Gasteiger partial charge in [-0.1, -0.05) is 0 Å². The van der Waals surface area contributed by atoms with Gasteiger partial charge in [-0.05, 0) is 29.8 Å². The van der Waals surface area contributed by atoms with Gasteiger partial charge in [0.2, 0.25) is 5.28 Å². The highest BCUT2D eigenvalue weighted by molar-refractivity contribution is 7.90. The summed E-state index contributed by atoms with van der Waals surface area (Å²) in [7, 11) is -1.78. The van der Waals surface area contributed by atoms with E-state index < -0.39 is 9.84 Å². The van der Waals surface area contributed by atoms with E-state index in [-0.39, 0.29) is 10.2 Å². The quantitative estimate of drug-likeness (QED) is 0.674. The highest BCUT2D eigenvalue weighted by Crippen LogP contribution is 2.38. The van der Waals surface area contributed by atoms with Crippen molar-refractivity contribution in [2.45, 2.75) is 4.90 Å². The maximum absolute atomic E-state index is 11.8. The first-order valence-corrected chi connectivity index (χ1v) is 9.33. The first-order chi connectivity index (χ1) is 10.4. The van der Waals surface area contributed by atoms with Gasteiger partial charge < -0.3 is 4.74 Å². The summed E-state index contributed by atoms with van der Waals surface area (Å²) in [5.74, 6) is 0.571. The van der Waals surface area contributed by atoms with Crippen molar-refractivity contribution in [2.24, 2.45) is 0 Å². The monoisotopic (exact) mass is 354 g/mol. The predicted molar refractivity (Wildman–Crippen MR) is 87.5 cm³/mol. The van der Waals surface area contributed by atoms with Crippen molar-refractivity contribution in [1.82, 2.24) is 9.97 Å². The van der Waals surface area contributed by atoms with E-state index >= 15 is 0 Å². The molecular formula is C14H11ClN2O3S2. The molecule has 0 radical (unpaired) electrons. The molecule has 0 aliphatic rings. The number of hydrogen-bond acceptors (Lipinski definition) is 6. The van der Waals surface area contributed by atoms with Gasteiger partial charge in [0.15, 0.2) is 9.84 Å². The Hall–Kier alpha value is -1.70. The minimum absolute atomic E-state index is 0.144. The van der Waals surface area contributed by atoms with Gasteiger partial charge in [-0.2, -0.15) is 0 Å². The van der Waals surface area contributed by atoms with Crippen LogP contribution < -0.4 is 4.74 Å². The third-order valence-electron chi connectivity index (χ3n) is 3.17. The molecule has 1 aromatic carbocycles. The smallest absolute Gasteiger partial charge is 0.222 e. The van der Waals surface area contributed by atoms with Gasteiger partial charge in [-0.25, -0.2) is 18.4 Å². The first-order valence-electron chi connectivity index (χ1n) is 6.18. The fourth-order valence-corrected chi connectivity index (χ4v) is 3.77. The minimum Gasteiger partial charge on any atom is -0.496 e. The summed E-state index contributed by atoms with van der Waals surface area (Å²) < 4.78 is 29.8. The van der Waals surface area contributed by atoms with Crippen molar-refractivity contribution < 1.29 is 13.2 Å². The highest BCUT2D eigenvalue weighted by Gasteiger charge is 2.17. The highest BCUT2D eigenvalue weighted by atomic mass is 35.5. The van der Waals surface area contributed by atoms with E-state index in [2.05, 4.69) is 9.97 Å². The molecule has 2 aromatic heterocycles. The Bertz CT molecular complexity index is 967. The number of nitrogens with zero attached hydrogens (tertiary/aromatic N) is 2. The van der Waals surface area contributed by atoms with Crippen LogP contribution in [0.5, 0.6) is 5.75 Å². The van der Waals surface area contributed by atoms with Crippen LogP contribution in [-0.4, -0.2) is 31.8 Å². The molecule has 0 amide bonds. The van der Waals surface area contributed by atoms with E-state index in [1.807, 2.05) is 5.38 Å². The molecule has 0 aliphatic carbocycles. The SMILES string of the molecule is COc1ccc(S(C)(=O)=O)cc1-c1csc2cnc(Cl)nc12. The number of ether oxygens (including phenoxy) is 1. The molecule has 0 fully saturated rings. The number of hydrogen-bond donors (Lipinski definition) is 0. The number of halogens is 1. The zero-order valence-corrected chi connectivity index (χ0v) is 14.1. The third-order valence-corrected chi connectivity index (χ3v) is 5.37. The summed E-state index contributed by atoms with van der Waals surface area (Å²) in [6, 6.07) is 4.75. The molecule has 3 aromatic rings. The van der Waals surface area contributed by atoms with Crippen LogP contribution in [-0.2, 0) is 9.84 Å². The van der Waals surface area contributed by atoms with E-state index in [0.29, 0.717) is 16.8 Å². The standard InChI is InChI=1S/C14H11ClN2O3S2/c1-20-11-4-3-8(22(2,18)19)5-9(11)10-7-21-12-6-16-14(15)17-13(10)12/h3-7H,1-2H3. The first kappa shape index (κ1) is 15.2. The molecule has 22 heavy (non-hydrogen) atoms. The van der Waals surface area contributed by atoms with Gasteiger partial charge >= 0.3 is 0 Å². The summed E-state index contributed by atoms with van der Waals surface area (Å²) >= 11 is 7.33. The lowest BCUT2D eigenvalue weighted by Crippen LogP contribution is -1.98. The second kappa shape index (κ2) is 5.49. The molecule has 114 valence electrons. The lowest BCUT2D eigenvalue weighted by atomic mass is 10.1. The van der Waals surface area contributed by atoms with Crippen LogP contribution in [0.3, 0.4) is 0 Å². The van der Waals surface area contributed by atoms with Crippen LogP contribution >= 0.6 is 22.9 Å². The van der Waals surface area contributed by atoms with E-state index in [4.69, 9.17) is 16.3 Å². The average molecular weight is 355 g/mol. The molecule has 0 bridgehead atoms. The largest absolute Gasteiger partial charge is 0.496 e. The van der Waals surface area contributed by atoms with Crippen LogP contribution in [0.2, 0.25) is 5.28 Å². The summed E-state index contributed by atoms with van der Waals surface area (Å²) in [5.41, 5.74) is 2.10. The lowest BCUT2D eigenvalue weighted by Gasteiger charge is -2.09. The van der Waals surface area contributed by atoms with Crippen LogP contribution in [0.4, 0.5) is 0 Å². The Kier molecular flexibility index (Phi) is 3.80. The van der Waals surface area contributed by atoms with Crippen LogP contribution in [0.15, 0.2) is 34.7 Å². The number of rotatable bonds is 3. The number of benzene rings is 1. The Morgan fingerprint density at radius 2 is 2.05 bits per heavy atom. The van der Waals surface area contributed by atoms with Crippen LogP contribution in [0.25, 0.3) is 21.3 Å². The Labute approximate surface area is 136 Å².